The smallest absolute Gasteiger partial charge is 0.242 e. The summed E-state index contributed by atoms with van der Waals surface area (Å²) in [4.78, 5) is 14.9. The van der Waals surface area contributed by atoms with Crippen molar-refractivity contribution in [2.75, 3.05) is 18.4 Å². The topological polar surface area (TPSA) is 63.1 Å². The Morgan fingerprint density at radius 2 is 2.08 bits per heavy atom. The lowest BCUT2D eigenvalue weighted by Crippen LogP contribution is -2.38. The molecule has 3 aromatic rings. The number of hydrogen-bond donors (Lipinski definition) is 1. The van der Waals surface area contributed by atoms with E-state index in [4.69, 9.17) is 0 Å². The molecule has 0 aliphatic carbocycles. The van der Waals surface area contributed by atoms with Crippen molar-refractivity contribution in [2.24, 2.45) is 0 Å². The largest absolute Gasteiger partial charge is 0.369 e. The minimum absolute atomic E-state index is 0.141. The molecular weight excluding hydrogens is 326 g/mol. The van der Waals surface area contributed by atoms with Gasteiger partial charge in [0.1, 0.15) is 12.4 Å². The van der Waals surface area contributed by atoms with Crippen LogP contribution in [0.3, 0.4) is 0 Å². The zero-order valence-electron chi connectivity index (χ0n) is 15.2. The number of para-hydroxylation sites is 1. The Hall–Kier alpha value is -2.89. The molecule has 1 aliphatic heterocycles. The van der Waals surface area contributed by atoms with Gasteiger partial charge in [-0.2, -0.15) is 5.10 Å². The second-order valence-electron chi connectivity index (χ2n) is 6.73. The molecule has 0 saturated heterocycles. The summed E-state index contributed by atoms with van der Waals surface area (Å²) in [5, 5.41) is 12.9. The summed E-state index contributed by atoms with van der Waals surface area (Å²) in [5.74, 6) is 0.912. The predicted molar refractivity (Wildman–Crippen MR) is 102 cm³/mol. The number of nitrogens with zero attached hydrogens (tertiary/aromatic N) is 4. The number of amides is 1. The number of hydrogen-bond acceptors (Lipinski definition) is 4. The van der Waals surface area contributed by atoms with Crippen LogP contribution in [-0.2, 0) is 24.3 Å². The van der Waals surface area contributed by atoms with Crippen molar-refractivity contribution in [2.45, 2.75) is 33.4 Å². The van der Waals surface area contributed by atoms with Gasteiger partial charge in [0.05, 0.1) is 5.69 Å². The molecule has 6 nitrogen and oxygen atoms in total. The van der Waals surface area contributed by atoms with E-state index in [0.717, 1.165) is 41.3 Å². The number of anilines is 1. The molecular formula is C20H23N5O. The van der Waals surface area contributed by atoms with Crippen LogP contribution in [0.15, 0.2) is 36.4 Å². The molecule has 0 saturated carbocycles. The Kier molecular flexibility index (Phi) is 4.32. The molecule has 1 aliphatic rings. The number of fused-ring (bicyclic) bond motifs is 2. The van der Waals surface area contributed by atoms with Crippen molar-refractivity contribution in [3.05, 3.63) is 53.3 Å². The minimum atomic E-state index is 0.141. The Morgan fingerprint density at radius 1 is 1.23 bits per heavy atom. The average Bonchev–Trinajstić information content (AvgIpc) is 2.97. The van der Waals surface area contributed by atoms with Gasteiger partial charge in [0.25, 0.3) is 0 Å². The van der Waals surface area contributed by atoms with Crippen LogP contribution >= 0.6 is 0 Å². The Bertz CT molecular complexity index is 962. The third-order valence-electron chi connectivity index (χ3n) is 4.96. The van der Waals surface area contributed by atoms with Gasteiger partial charge >= 0.3 is 0 Å². The fourth-order valence-corrected chi connectivity index (χ4v) is 3.60. The summed E-state index contributed by atoms with van der Waals surface area (Å²) in [5.41, 5.74) is 4.30. The van der Waals surface area contributed by atoms with Crippen LogP contribution in [0.4, 0.5) is 5.82 Å². The second-order valence-corrected chi connectivity index (χ2v) is 6.73. The van der Waals surface area contributed by atoms with Crippen molar-refractivity contribution in [3.63, 3.8) is 0 Å². The van der Waals surface area contributed by atoms with E-state index < -0.39 is 0 Å². The highest BCUT2D eigenvalue weighted by Crippen LogP contribution is 2.22. The van der Waals surface area contributed by atoms with E-state index in [-0.39, 0.29) is 5.91 Å². The predicted octanol–water partition coefficient (Wildman–Crippen LogP) is 2.76. The van der Waals surface area contributed by atoms with E-state index in [2.05, 4.69) is 45.2 Å². The van der Waals surface area contributed by atoms with Gasteiger partial charge in [-0.3, -0.25) is 4.79 Å². The lowest BCUT2D eigenvalue weighted by atomic mass is 10.1. The number of aromatic nitrogens is 3. The van der Waals surface area contributed by atoms with E-state index in [1.54, 1.807) is 0 Å². The number of carbonyl (C=O) groups excluding carboxylic acids is 1. The molecule has 1 amide bonds. The molecule has 0 radical (unpaired) electrons. The summed E-state index contributed by atoms with van der Waals surface area (Å²) < 4.78 is 2.10. The molecule has 4 rings (SSSR count). The van der Waals surface area contributed by atoms with Gasteiger partial charge in [-0.15, -0.1) is 5.10 Å². The maximum absolute atomic E-state index is 12.9. The lowest BCUT2D eigenvalue weighted by Gasteiger charge is -2.28. The van der Waals surface area contributed by atoms with Crippen molar-refractivity contribution in [3.8, 4) is 0 Å². The van der Waals surface area contributed by atoms with Gasteiger partial charge in [-0.1, -0.05) is 18.2 Å². The van der Waals surface area contributed by atoms with E-state index in [1.807, 2.05) is 30.0 Å². The quantitative estimate of drug-likeness (QED) is 0.787. The van der Waals surface area contributed by atoms with Crippen LogP contribution in [0.25, 0.3) is 10.9 Å². The van der Waals surface area contributed by atoms with Gasteiger partial charge in [-0.05, 0) is 43.0 Å². The standard InChI is InChI=1S/C20H23N5O/c1-3-21-19-11-16-12-24(9-8-17(16)22-23-19)20(26)13-25-14(2)10-15-6-4-5-7-18(15)25/h4-7,10-11H,3,8-9,12-13H2,1-2H3,(H,21,23). The molecule has 26 heavy (non-hydrogen) atoms. The van der Waals surface area contributed by atoms with Gasteiger partial charge in [0.2, 0.25) is 5.91 Å². The molecule has 1 aromatic carbocycles. The van der Waals surface area contributed by atoms with Crippen LogP contribution in [0.1, 0.15) is 23.9 Å². The zero-order chi connectivity index (χ0) is 18.1. The van der Waals surface area contributed by atoms with E-state index in [0.29, 0.717) is 19.6 Å². The van der Waals surface area contributed by atoms with E-state index >= 15 is 0 Å². The molecule has 0 unspecified atom stereocenters. The van der Waals surface area contributed by atoms with Crippen LogP contribution in [0.2, 0.25) is 0 Å². The van der Waals surface area contributed by atoms with Crippen molar-refractivity contribution < 1.29 is 4.79 Å². The molecule has 1 N–H and O–H groups in total. The lowest BCUT2D eigenvalue weighted by molar-refractivity contribution is -0.132. The summed E-state index contributed by atoms with van der Waals surface area (Å²) in [6.45, 7) is 6.54. The highest BCUT2D eigenvalue weighted by molar-refractivity contribution is 5.84. The maximum atomic E-state index is 12.9. The van der Waals surface area contributed by atoms with Crippen LogP contribution in [-0.4, -0.2) is 38.7 Å². The van der Waals surface area contributed by atoms with E-state index in [1.165, 1.54) is 5.39 Å². The first-order chi connectivity index (χ1) is 12.7. The second kappa shape index (κ2) is 6.78. The number of benzene rings is 1. The summed E-state index contributed by atoms with van der Waals surface area (Å²) in [6.07, 6.45) is 0.756. The number of aryl methyl sites for hydroxylation is 1. The van der Waals surface area contributed by atoms with Gasteiger partial charge in [0.15, 0.2) is 0 Å². The molecule has 3 heterocycles. The molecule has 0 bridgehead atoms. The molecule has 134 valence electrons. The summed E-state index contributed by atoms with van der Waals surface area (Å²) >= 11 is 0. The monoisotopic (exact) mass is 349 g/mol. The minimum Gasteiger partial charge on any atom is -0.369 e. The number of rotatable bonds is 4. The zero-order valence-corrected chi connectivity index (χ0v) is 15.2. The Labute approximate surface area is 152 Å². The third kappa shape index (κ3) is 3.03. The van der Waals surface area contributed by atoms with Crippen molar-refractivity contribution in [1.29, 1.82) is 0 Å². The normalized spacial score (nSPS) is 13.7. The SMILES string of the molecule is CCNc1cc2c(nn1)CCN(C(=O)Cn1c(C)cc3ccccc31)C2. The summed E-state index contributed by atoms with van der Waals surface area (Å²) in [6, 6.07) is 12.3. The van der Waals surface area contributed by atoms with Crippen molar-refractivity contribution in [1.82, 2.24) is 19.7 Å². The fourth-order valence-electron chi connectivity index (χ4n) is 3.60. The molecule has 6 heteroatoms. The van der Waals surface area contributed by atoms with E-state index in [9.17, 15) is 4.79 Å². The fraction of sp³-hybridized carbons (Fsp3) is 0.350. The van der Waals surface area contributed by atoms with Crippen LogP contribution in [0.5, 0.6) is 0 Å². The first kappa shape index (κ1) is 16.6. The highest BCUT2D eigenvalue weighted by atomic mass is 16.2. The molecule has 2 aromatic heterocycles. The number of nitrogens with one attached hydrogen (secondary N) is 1. The van der Waals surface area contributed by atoms with Gasteiger partial charge in [0, 0.05) is 37.3 Å². The summed E-state index contributed by atoms with van der Waals surface area (Å²) in [7, 11) is 0. The van der Waals surface area contributed by atoms with Gasteiger partial charge in [-0.25, -0.2) is 0 Å². The first-order valence-corrected chi connectivity index (χ1v) is 9.07. The first-order valence-electron chi connectivity index (χ1n) is 9.07. The average molecular weight is 349 g/mol. The Balaban J connectivity index is 1.54. The van der Waals surface area contributed by atoms with Crippen LogP contribution < -0.4 is 5.32 Å². The maximum Gasteiger partial charge on any atom is 0.242 e. The highest BCUT2D eigenvalue weighted by Gasteiger charge is 2.23. The number of carbonyl (C=O) groups is 1. The molecule has 0 atom stereocenters. The molecule has 0 fully saturated rings. The Morgan fingerprint density at radius 3 is 2.92 bits per heavy atom. The van der Waals surface area contributed by atoms with Crippen molar-refractivity contribution >= 4 is 22.6 Å². The van der Waals surface area contributed by atoms with Crippen LogP contribution in [0, 0.1) is 6.92 Å². The molecule has 0 spiro atoms. The van der Waals surface area contributed by atoms with Gasteiger partial charge < -0.3 is 14.8 Å². The third-order valence-corrected chi connectivity index (χ3v) is 4.96.